The van der Waals surface area contributed by atoms with Gasteiger partial charge in [-0.2, -0.15) is 9.78 Å². The molecule has 2 amide bonds. The molecule has 0 bridgehead atoms. The lowest BCUT2D eigenvalue weighted by atomic mass is 10.0. The molecule has 1 saturated carbocycles. The number of hydrogen-bond donors (Lipinski definition) is 3. The van der Waals surface area contributed by atoms with E-state index in [1.807, 2.05) is 30.3 Å². The number of hydrogen-bond acceptors (Lipinski definition) is 5. The van der Waals surface area contributed by atoms with E-state index in [0.29, 0.717) is 23.5 Å². The fourth-order valence-corrected chi connectivity index (χ4v) is 4.22. The van der Waals surface area contributed by atoms with Crippen LogP contribution in [0, 0.1) is 0 Å². The number of nitrogens with zero attached hydrogens (tertiary/aromatic N) is 2. The van der Waals surface area contributed by atoms with Crippen molar-refractivity contribution in [2.24, 2.45) is 0 Å². The molecule has 8 heteroatoms. The second-order valence-corrected chi connectivity index (χ2v) is 8.27. The van der Waals surface area contributed by atoms with Crippen molar-refractivity contribution in [1.82, 2.24) is 15.1 Å². The van der Waals surface area contributed by atoms with E-state index in [1.165, 1.54) is 17.7 Å². The average molecular weight is 449 g/mol. The van der Waals surface area contributed by atoms with E-state index in [2.05, 4.69) is 15.7 Å². The number of benzene rings is 2. The second-order valence-electron chi connectivity index (χ2n) is 8.27. The maximum absolute atomic E-state index is 13.1. The van der Waals surface area contributed by atoms with E-state index in [0.717, 1.165) is 42.7 Å². The van der Waals surface area contributed by atoms with Gasteiger partial charge in [-0.1, -0.05) is 25.0 Å². The summed E-state index contributed by atoms with van der Waals surface area (Å²) >= 11 is 0. The third-order valence-electron chi connectivity index (χ3n) is 5.90. The highest BCUT2D eigenvalue weighted by atomic mass is 16.5. The van der Waals surface area contributed by atoms with Crippen molar-refractivity contribution in [2.75, 3.05) is 12.4 Å². The molecular formula is C25H28N4O4. The molecule has 1 heterocycles. The molecule has 0 spiro atoms. The molecule has 172 valence electrons. The van der Waals surface area contributed by atoms with Crippen LogP contribution < -0.4 is 15.4 Å². The van der Waals surface area contributed by atoms with Crippen LogP contribution >= 0.6 is 0 Å². The molecule has 1 fully saturated rings. The van der Waals surface area contributed by atoms with Crippen LogP contribution in [0.3, 0.4) is 0 Å². The first kappa shape index (κ1) is 22.4. The van der Waals surface area contributed by atoms with Crippen molar-refractivity contribution >= 4 is 17.6 Å². The smallest absolute Gasteiger partial charge is 0.342 e. The van der Waals surface area contributed by atoms with Crippen LogP contribution in [0.25, 0.3) is 11.3 Å². The van der Waals surface area contributed by atoms with Crippen LogP contribution in [-0.4, -0.2) is 33.9 Å². The van der Waals surface area contributed by atoms with Crippen molar-refractivity contribution in [3.05, 3.63) is 59.8 Å². The van der Waals surface area contributed by atoms with E-state index in [1.54, 1.807) is 19.2 Å². The standard InChI is InChI=1S/C25H28N4O4/c1-16(30)27-19-9-12-24(31)21(13-19)22-14-23(18-5-3-4-6-18)29(28-22)25(32)26-15-17-7-10-20(33-2)11-8-17/h7-14,18,31H,3-6,15H2,1-2H3,(H,26,32)(H,27,30). The molecule has 0 radical (unpaired) electrons. The van der Waals surface area contributed by atoms with Crippen LogP contribution in [0.4, 0.5) is 10.5 Å². The van der Waals surface area contributed by atoms with Gasteiger partial charge in [0, 0.05) is 30.6 Å². The fourth-order valence-electron chi connectivity index (χ4n) is 4.22. The number of aromatic hydroxyl groups is 1. The molecule has 0 aliphatic heterocycles. The van der Waals surface area contributed by atoms with Gasteiger partial charge in [-0.05, 0) is 54.8 Å². The normalized spacial score (nSPS) is 13.6. The van der Waals surface area contributed by atoms with E-state index < -0.39 is 0 Å². The number of phenols is 1. The summed E-state index contributed by atoms with van der Waals surface area (Å²) < 4.78 is 6.59. The Labute approximate surface area is 192 Å². The van der Waals surface area contributed by atoms with Gasteiger partial charge in [-0.25, -0.2) is 4.79 Å². The fraction of sp³-hybridized carbons (Fsp3) is 0.320. The molecule has 33 heavy (non-hydrogen) atoms. The summed E-state index contributed by atoms with van der Waals surface area (Å²) in [4.78, 5) is 24.5. The second kappa shape index (κ2) is 9.77. The molecule has 3 N–H and O–H groups in total. The zero-order chi connectivity index (χ0) is 23.4. The summed E-state index contributed by atoms with van der Waals surface area (Å²) in [5.41, 5.74) is 3.28. The van der Waals surface area contributed by atoms with Gasteiger partial charge in [0.15, 0.2) is 0 Å². The Balaban J connectivity index is 1.62. The van der Waals surface area contributed by atoms with Crippen molar-refractivity contribution in [1.29, 1.82) is 0 Å². The number of phenolic OH excluding ortho intramolecular Hbond substituents is 1. The van der Waals surface area contributed by atoms with Gasteiger partial charge in [-0.15, -0.1) is 0 Å². The van der Waals surface area contributed by atoms with Gasteiger partial charge in [-0.3, -0.25) is 4.79 Å². The van der Waals surface area contributed by atoms with Crippen LogP contribution in [0.1, 0.15) is 49.8 Å². The Morgan fingerprint density at radius 3 is 2.52 bits per heavy atom. The van der Waals surface area contributed by atoms with Crippen LogP contribution in [0.5, 0.6) is 11.5 Å². The largest absolute Gasteiger partial charge is 0.507 e. The monoisotopic (exact) mass is 448 g/mol. The maximum atomic E-state index is 13.1. The van der Waals surface area contributed by atoms with E-state index in [9.17, 15) is 14.7 Å². The molecule has 3 aromatic rings. The third kappa shape index (κ3) is 5.16. The molecule has 2 aromatic carbocycles. The van der Waals surface area contributed by atoms with Crippen molar-refractivity contribution in [2.45, 2.75) is 45.1 Å². The number of aromatic nitrogens is 2. The molecule has 1 aliphatic rings. The Hall–Kier alpha value is -3.81. The van der Waals surface area contributed by atoms with Gasteiger partial charge in [0.1, 0.15) is 11.5 Å². The zero-order valence-corrected chi connectivity index (χ0v) is 18.8. The number of amides is 2. The van der Waals surface area contributed by atoms with E-state index in [4.69, 9.17) is 4.74 Å². The zero-order valence-electron chi connectivity index (χ0n) is 18.8. The number of anilines is 1. The summed E-state index contributed by atoms with van der Waals surface area (Å²) in [6, 6.07) is 13.8. The minimum absolute atomic E-state index is 0.0327. The number of ether oxygens (including phenoxy) is 1. The molecule has 4 rings (SSSR count). The van der Waals surface area contributed by atoms with Crippen LogP contribution in [-0.2, 0) is 11.3 Å². The van der Waals surface area contributed by atoms with Gasteiger partial charge < -0.3 is 20.5 Å². The Kier molecular flexibility index (Phi) is 6.63. The van der Waals surface area contributed by atoms with Crippen molar-refractivity contribution in [3.8, 4) is 22.8 Å². The molecule has 0 saturated heterocycles. The summed E-state index contributed by atoms with van der Waals surface area (Å²) in [7, 11) is 1.61. The van der Waals surface area contributed by atoms with Gasteiger partial charge in [0.25, 0.3) is 0 Å². The van der Waals surface area contributed by atoms with E-state index >= 15 is 0 Å². The molecular weight excluding hydrogens is 420 g/mol. The summed E-state index contributed by atoms with van der Waals surface area (Å²) in [6.45, 7) is 1.78. The minimum atomic E-state index is -0.323. The summed E-state index contributed by atoms with van der Waals surface area (Å²) in [5, 5.41) is 20.7. The molecule has 1 aromatic heterocycles. The molecule has 1 aliphatic carbocycles. The minimum Gasteiger partial charge on any atom is -0.507 e. The first-order valence-electron chi connectivity index (χ1n) is 11.1. The first-order chi connectivity index (χ1) is 15.9. The first-order valence-corrected chi connectivity index (χ1v) is 11.1. The molecule has 8 nitrogen and oxygen atoms in total. The van der Waals surface area contributed by atoms with Crippen LogP contribution in [0.15, 0.2) is 48.5 Å². The molecule has 0 atom stereocenters. The lowest BCUT2D eigenvalue weighted by Gasteiger charge is -2.12. The highest BCUT2D eigenvalue weighted by molar-refractivity contribution is 5.90. The SMILES string of the molecule is COc1ccc(CNC(=O)n2nc(-c3cc(NC(C)=O)ccc3O)cc2C2CCCC2)cc1. The summed E-state index contributed by atoms with van der Waals surface area (Å²) in [6.07, 6.45) is 4.22. The van der Waals surface area contributed by atoms with Gasteiger partial charge in [0.2, 0.25) is 5.91 Å². The van der Waals surface area contributed by atoms with Crippen LogP contribution in [0.2, 0.25) is 0 Å². The summed E-state index contributed by atoms with van der Waals surface area (Å²) in [5.74, 6) is 0.817. The lowest BCUT2D eigenvalue weighted by molar-refractivity contribution is -0.114. The highest BCUT2D eigenvalue weighted by Crippen LogP contribution is 2.38. The topological polar surface area (TPSA) is 105 Å². The Morgan fingerprint density at radius 2 is 1.85 bits per heavy atom. The number of nitrogens with one attached hydrogen (secondary N) is 2. The highest BCUT2D eigenvalue weighted by Gasteiger charge is 2.26. The Bertz CT molecular complexity index is 1150. The van der Waals surface area contributed by atoms with Crippen molar-refractivity contribution in [3.63, 3.8) is 0 Å². The predicted octanol–water partition coefficient (Wildman–Crippen LogP) is 4.64. The third-order valence-corrected chi connectivity index (χ3v) is 5.90. The number of methoxy groups -OCH3 is 1. The average Bonchev–Trinajstić information content (AvgIpc) is 3.49. The number of carbonyl (C=O) groups is 2. The van der Waals surface area contributed by atoms with Crippen molar-refractivity contribution < 1.29 is 19.4 Å². The number of carbonyl (C=O) groups excluding carboxylic acids is 2. The van der Waals surface area contributed by atoms with Gasteiger partial charge in [0.05, 0.1) is 18.5 Å². The van der Waals surface area contributed by atoms with E-state index in [-0.39, 0.29) is 23.6 Å². The quantitative estimate of drug-likeness (QED) is 0.477. The predicted molar refractivity (Wildman–Crippen MR) is 125 cm³/mol. The lowest BCUT2D eigenvalue weighted by Crippen LogP contribution is -2.30. The van der Waals surface area contributed by atoms with Gasteiger partial charge >= 0.3 is 6.03 Å². The maximum Gasteiger partial charge on any atom is 0.342 e. The molecule has 0 unspecified atom stereocenters. The Morgan fingerprint density at radius 1 is 1.12 bits per heavy atom. The number of rotatable bonds is 6.